The Morgan fingerprint density at radius 2 is 1.69 bits per heavy atom. The fourth-order valence-electron chi connectivity index (χ4n) is 4.98. The molecule has 0 bridgehead atoms. The smallest absolute Gasteiger partial charge is 0.268 e. The van der Waals surface area contributed by atoms with Gasteiger partial charge in [0.2, 0.25) is 0 Å². The molecule has 7 heteroatoms. The SMILES string of the molecule is Cc1ccc(-c2nn(C)c(=O)c3c2CCCC3)cc1S(=O)(=O)N1CCCc2ccccc21. The molecule has 0 unspecified atom stereocenters. The summed E-state index contributed by atoms with van der Waals surface area (Å²) in [7, 11) is -2.08. The zero-order chi connectivity index (χ0) is 22.5. The number of nitrogens with zero attached hydrogens (tertiary/aromatic N) is 3. The van der Waals surface area contributed by atoms with Crippen molar-refractivity contribution in [2.45, 2.75) is 50.3 Å². The van der Waals surface area contributed by atoms with Crippen LogP contribution in [-0.4, -0.2) is 24.7 Å². The molecule has 0 atom stereocenters. The Morgan fingerprint density at radius 1 is 0.938 bits per heavy atom. The van der Waals surface area contributed by atoms with Crippen LogP contribution in [0.1, 0.15) is 41.5 Å². The van der Waals surface area contributed by atoms with Crippen LogP contribution in [0.15, 0.2) is 52.2 Å². The highest BCUT2D eigenvalue weighted by Gasteiger charge is 2.31. The molecule has 5 rings (SSSR count). The van der Waals surface area contributed by atoms with Crippen LogP contribution in [0, 0.1) is 6.92 Å². The Balaban J connectivity index is 1.66. The number of aromatic nitrogens is 2. The average Bonchev–Trinajstić information content (AvgIpc) is 2.81. The topological polar surface area (TPSA) is 72.3 Å². The highest BCUT2D eigenvalue weighted by Crippen LogP contribution is 2.35. The van der Waals surface area contributed by atoms with Crippen LogP contribution in [0.5, 0.6) is 0 Å². The maximum absolute atomic E-state index is 13.8. The zero-order valence-electron chi connectivity index (χ0n) is 18.5. The predicted molar refractivity (Wildman–Crippen MR) is 126 cm³/mol. The summed E-state index contributed by atoms with van der Waals surface area (Å²) in [5, 5.41) is 4.55. The van der Waals surface area contributed by atoms with Crippen LogP contribution in [0.4, 0.5) is 5.69 Å². The third-order valence-corrected chi connectivity index (χ3v) is 8.61. The number of para-hydroxylation sites is 1. The lowest BCUT2D eigenvalue weighted by Crippen LogP contribution is -2.35. The van der Waals surface area contributed by atoms with Crippen molar-refractivity contribution in [3.05, 3.63) is 75.1 Å². The first-order valence-electron chi connectivity index (χ1n) is 11.2. The van der Waals surface area contributed by atoms with Crippen LogP contribution in [0.25, 0.3) is 11.3 Å². The number of benzene rings is 2. The number of aryl methyl sites for hydroxylation is 3. The van der Waals surface area contributed by atoms with Crippen molar-refractivity contribution >= 4 is 15.7 Å². The molecule has 1 aromatic heterocycles. The summed E-state index contributed by atoms with van der Waals surface area (Å²) in [6, 6.07) is 13.2. The molecule has 1 aliphatic heterocycles. The van der Waals surface area contributed by atoms with Gasteiger partial charge in [-0.25, -0.2) is 13.1 Å². The lowest BCUT2D eigenvalue weighted by molar-refractivity contribution is 0.586. The van der Waals surface area contributed by atoms with Gasteiger partial charge in [-0.3, -0.25) is 9.10 Å². The van der Waals surface area contributed by atoms with Crippen LogP contribution >= 0.6 is 0 Å². The fraction of sp³-hybridized carbons (Fsp3) is 0.360. The van der Waals surface area contributed by atoms with Gasteiger partial charge in [0.25, 0.3) is 15.6 Å². The number of rotatable bonds is 3. The highest BCUT2D eigenvalue weighted by molar-refractivity contribution is 7.92. The van der Waals surface area contributed by atoms with Crippen molar-refractivity contribution in [3.8, 4) is 11.3 Å². The van der Waals surface area contributed by atoms with Gasteiger partial charge in [0.1, 0.15) is 0 Å². The third kappa shape index (κ3) is 3.35. The van der Waals surface area contributed by atoms with E-state index in [2.05, 4.69) is 5.10 Å². The summed E-state index contributed by atoms with van der Waals surface area (Å²) < 4.78 is 30.6. The van der Waals surface area contributed by atoms with Gasteiger partial charge in [-0.15, -0.1) is 0 Å². The molecule has 0 radical (unpaired) electrons. The molecule has 2 heterocycles. The van der Waals surface area contributed by atoms with Crippen molar-refractivity contribution in [1.29, 1.82) is 0 Å². The van der Waals surface area contributed by atoms with E-state index in [0.717, 1.165) is 72.2 Å². The monoisotopic (exact) mass is 449 g/mol. The standard InChI is InChI=1S/C25H27N3O3S/c1-17-13-14-19(24-20-10-4-5-11-21(20)25(29)27(2)26-24)16-23(17)32(30,31)28-15-7-9-18-8-3-6-12-22(18)28/h3,6,8,12-14,16H,4-5,7,9-11,15H2,1-2H3. The number of fused-ring (bicyclic) bond motifs is 2. The summed E-state index contributed by atoms with van der Waals surface area (Å²) in [6.45, 7) is 2.30. The van der Waals surface area contributed by atoms with E-state index in [0.29, 0.717) is 17.0 Å². The van der Waals surface area contributed by atoms with E-state index < -0.39 is 10.0 Å². The number of sulfonamides is 1. The summed E-state index contributed by atoms with van der Waals surface area (Å²) in [5.41, 5.74) is 5.73. The van der Waals surface area contributed by atoms with E-state index >= 15 is 0 Å². The van der Waals surface area contributed by atoms with Crippen molar-refractivity contribution in [2.24, 2.45) is 7.05 Å². The first kappa shape index (κ1) is 20.9. The largest absolute Gasteiger partial charge is 0.269 e. The second-order valence-electron chi connectivity index (χ2n) is 8.73. The summed E-state index contributed by atoms with van der Waals surface area (Å²) in [6.07, 6.45) is 5.23. The van der Waals surface area contributed by atoms with Gasteiger partial charge < -0.3 is 0 Å². The quantitative estimate of drug-likeness (QED) is 0.610. The first-order chi connectivity index (χ1) is 15.4. The number of hydrogen-bond acceptors (Lipinski definition) is 4. The van der Waals surface area contributed by atoms with E-state index in [-0.39, 0.29) is 5.56 Å². The maximum Gasteiger partial charge on any atom is 0.269 e. The molecule has 6 nitrogen and oxygen atoms in total. The minimum absolute atomic E-state index is 0.0478. The molecule has 0 saturated heterocycles. The van der Waals surface area contributed by atoms with Gasteiger partial charge in [-0.1, -0.05) is 30.3 Å². The molecule has 166 valence electrons. The third-order valence-electron chi connectivity index (χ3n) is 6.65. The lowest BCUT2D eigenvalue weighted by Gasteiger charge is -2.31. The van der Waals surface area contributed by atoms with Gasteiger partial charge in [-0.2, -0.15) is 5.10 Å². The molecule has 0 amide bonds. The molecule has 1 aliphatic carbocycles. The summed E-state index contributed by atoms with van der Waals surface area (Å²) in [4.78, 5) is 12.9. The van der Waals surface area contributed by atoms with Crippen LogP contribution < -0.4 is 9.86 Å². The Bertz CT molecular complexity index is 1380. The number of hydrogen-bond donors (Lipinski definition) is 0. The van der Waals surface area contributed by atoms with E-state index in [1.165, 1.54) is 4.68 Å². The Morgan fingerprint density at radius 3 is 2.50 bits per heavy atom. The molecule has 32 heavy (non-hydrogen) atoms. The van der Waals surface area contributed by atoms with Gasteiger partial charge in [-0.05, 0) is 74.3 Å². The molecule has 3 aromatic rings. The van der Waals surface area contributed by atoms with E-state index in [1.54, 1.807) is 17.4 Å². The van der Waals surface area contributed by atoms with E-state index in [1.807, 2.05) is 43.3 Å². The molecule has 0 N–H and O–H groups in total. The Labute approximate surface area is 188 Å². The zero-order valence-corrected chi connectivity index (χ0v) is 19.3. The molecule has 0 fully saturated rings. The second-order valence-corrected chi connectivity index (χ2v) is 10.6. The lowest BCUT2D eigenvalue weighted by atomic mass is 9.89. The molecule has 0 spiro atoms. The molecule has 0 saturated carbocycles. The van der Waals surface area contributed by atoms with Gasteiger partial charge >= 0.3 is 0 Å². The van der Waals surface area contributed by atoms with Crippen molar-refractivity contribution in [3.63, 3.8) is 0 Å². The Hall–Kier alpha value is -2.93. The molecule has 2 aliphatic rings. The second kappa shape index (κ2) is 7.89. The fourth-order valence-corrected chi connectivity index (χ4v) is 6.77. The van der Waals surface area contributed by atoms with Crippen molar-refractivity contribution in [2.75, 3.05) is 10.8 Å². The Kier molecular flexibility index (Phi) is 5.16. The average molecular weight is 450 g/mol. The van der Waals surface area contributed by atoms with Crippen LogP contribution in [0.2, 0.25) is 0 Å². The minimum Gasteiger partial charge on any atom is -0.268 e. The van der Waals surface area contributed by atoms with Gasteiger partial charge in [0.05, 0.1) is 16.3 Å². The maximum atomic E-state index is 13.8. The van der Waals surface area contributed by atoms with Crippen molar-refractivity contribution in [1.82, 2.24) is 9.78 Å². The number of anilines is 1. The van der Waals surface area contributed by atoms with Crippen molar-refractivity contribution < 1.29 is 8.42 Å². The molecular formula is C25H27N3O3S. The summed E-state index contributed by atoms with van der Waals surface area (Å²) in [5.74, 6) is 0. The van der Waals surface area contributed by atoms with E-state index in [4.69, 9.17) is 0 Å². The van der Waals surface area contributed by atoms with E-state index in [9.17, 15) is 13.2 Å². The predicted octanol–water partition coefficient (Wildman–Crippen LogP) is 3.78. The summed E-state index contributed by atoms with van der Waals surface area (Å²) >= 11 is 0. The highest BCUT2D eigenvalue weighted by atomic mass is 32.2. The van der Waals surface area contributed by atoms with Crippen LogP contribution in [0.3, 0.4) is 0 Å². The van der Waals surface area contributed by atoms with Crippen LogP contribution in [-0.2, 0) is 36.3 Å². The molecule has 2 aromatic carbocycles. The normalized spacial score (nSPS) is 15.9. The molecular weight excluding hydrogens is 422 g/mol. The minimum atomic E-state index is -3.74. The van der Waals surface area contributed by atoms with Gasteiger partial charge in [0, 0.05) is 24.7 Å². The van der Waals surface area contributed by atoms with Gasteiger partial charge in [0.15, 0.2) is 0 Å². The first-order valence-corrected chi connectivity index (χ1v) is 12.6.